The highest BCUT2D eigenvalue weighted by Crippen LogP contribution is 2.32. The Kier molecular flexibility index (Phi) is 13.1. The van der Waals surface area contributed by atoms with Gasteiger partial charge in [-0.05, 0) is 24.5 Å². The number of rotatable bonds is 7. The topological polar surface area (TPSA) is 95.9 Å². The molecule has 196 valence electrons. The van der Waals surface area contributed by atoms with Crippen LogP contribution in [0.25, 0.3) is 0 Å². The van der Waals surface area contributed by atoms with Gasteiger partial charge < -0.3 is 38.4 Å². The molecule has 9 nitrogen and oxygen atoms in total. The molecular formula is C26H39NO8. The molecule has 1 saturated heterocycles. The van der Waals surface area contributed by atoms with Gasteiger partial charge >= 0.3 is 0 Å². The third-order valence-electron chi connectivity index (χ3n) is 5.77. The number of hydrogen-bond acceptors (Lipinski definition) is 8. The fourth-order valence-corrected chi connectivity index (χ4v) is 3.85. The number of allylic oxidation sites excluding steroid dienone is 1. The van der Waals surface area contributed by atoms with E-state index in [-0.39, 0.29) is 24.2 Å². The van der Waals surface area contributed by atoms with Gasteiger partial charge in [-0.25, -0.2) is 0 Å². The first-order chi connectivity index (χ1) is 17.3. The zero-order valence-corrected chi connectivity index (χ0v) is 20.5. The average molecular weight is 494 g/mol. The van der Waals surface area contributed by atoms with Gasteiger partial charge in [0.15, 0.2) is 5.76 Å². The SMILES string of the molecule is O=C(C1=C[C@@H](c2ccccc2)C[C@@H](OCCCCO)O1)N1CCOCCOCCOCCOCC1. The van der Waals surface area contributed by atoms with Gasteiger partial charge in [0.25, 0.3) is 5.91 Å². The van der Waals surface area contributed by atoms with E-state index in [4.69, 9.17) is 33.5 Å². The number of unbranched alkanes of at least 4 members (excludes halogenated alkanes) is 1. The maximum Gasteiger partial charge on any atom is 0.288 e. The predicted octanol–water partition coefficient (Wildman–Crippen LogP) is 2.10. The summed E-state index contributed by atoms with van der Waals surface area (Å²) in [6, 6.07) is 10.0. The van der Waals surface area contributed by atoms with Gasteiger partial charge in [-0.2, -0.15) is 0 Å². The molecule has 0 unspecified atom stereocenters. The standard InChI is InChI=1S/C26H39NO8/c28-10-4-5-11-34-25-21-23(22-6-2-1-3-7-22)20-24(35-25)26(29)27-8-12-30-14-16-32-18-19-33-17-15-31-13-9-27/h1-3,6-7,20,23,25,28H,4-5,8-19,21H2/t23-,25+/m1/s1. The normalized spacial score (nSPS) is 23.5. The van der Waals surface area contributed by atoms with E-state index in [1.807, 2.05) is 36.4 Å². The van der Waals surface area contributed by atoms with E-state index in [9.17, 15) is 4.79 Å². The van der Waals surface area contributed by atoms with Crippen LogP contribution in [-0.4, -0.2) is 101 Å². The minimum absolute atomic E-state index is 0.00278. The molecule has 35 heavy (non-hydrogen) atoms. The molecule has 1 aromatic rings. The predicted molar refractivity (Wildman–Crippen MR) is 129 cm³/mol. The monoisotopic (exact) mass is 493 g/mol. The first kappa shape index (κ1) is 27.6. The van der Waals surface area contributed by atoms with E-state index in [0.29, 0.717) is 85.4 Å². The molecule has 2 aliphatic heterocycles. The van der Waals surface area contributed by atoms with Crippen molar-refractivity contribution in [3.05, 3.63) is 47.7 Å². The van der Waals surface area contributed by atoms with E-state index < -0.39 is 6.29 Å². The van der Waals surface area contributed by atoms with Crippen LogP contribution in [0.15, 0.2) is 42.2 Å². The maximum absolute atomic E-state index is 13.5. The lowest BCUT2D eigenvalue weighted by atomic mass is 9.93. The number of carbonyl (C=O) groups excluding carboxylic acids is 1. The number of hydrogen-bond donors (Lipinski definition) is 1. The van der Waals surface area contributed by atoms with E-state index in [0.717, 1.165) is 12.0 Å². The summed E-state index contributed by atoms with van der Waals surface area (Å²) >= 11 is 0. The van der Waals surface area contributed by atoms with Gasteiger partial charge in [0.05, 0.1) is 59.5 Å². The number of carbonyl (C=O) groups is 1. The van der Waals surface area contributed by atoms with Crippen LogP contribution in [0.5, 0.6) is 0 Å². The molecule has 3 rings (SSSR count). The quantitative estimate of drug-likeness (QED) is 0.577. The van der Waals surface area contributed by atoms with Crippen molar-refractivity contribution in [1.29, 1.82) is 0 Å². The number of ether oxygens (including phenoxy) is 6. The zero-order chi connectivity index (χ0) is 24.6. The molecule has 9 heteroatoms. The van der Waals surface area contributed by atoms with E-state index in [2.05, 4.69) is 0 Å². The number of aliphatic hydroxyl groups excluding tert-OH is 1. The van der Waals surface area contributed by atoms with Crippen LogP contribution in [0.2, 0.25) is 0 Å². The minimum atomic E-state index is -0.534. The van der Waals surface area contributed by atoms with Gasteiger partial charge in [-0.15, -0.1) is 0 Å². The van der Waals surface area contributed by atoms with Crippen LogP contribution in [0.3, 0.4) is 0 Å². The Labute approximate surface area is 207 Å². The Morgan fingerprint density at radius 1 is 0.886 bits per heavy atom. The lowest BCUT2D eigenvalue weighted by Gasteiger charge is -2.32. The largest absolute Gasteiger partial charge is 0.459 e. The molecule has 0 bridgehead atoms. The molecule has 0 aromatic heterocycles. The van der Waals surface area contributed by atoms with Crippen LogP contribution >= 0.6 is 0 Å². The van der Waals surface area contributed by atoms with Crippen molar-refractivity contribution in [3.63, 3.8) is 0 Å². The Balaban J connectivity index is 1.67. The Morgan fingerprint density at radius 2 is 1.49 bits per heavy atom. The van der Waals surface area contributed by atoms with E-state index in [1.165, 1.54) is 0 Å². The van der Waals surface area contributed by atoms with Crippen LogP contribution in [0.4, 0.5) is 0 Å². The molecule has 0 saturated carbocycles. The summed E-state index contributed by atoms with van der Waals surface area (Å²) in [5.74, 6) is 0.0671. The third kappa shape index (κ3) is 10.2. The van der Waals surface area contributed by atoms with Crippen molar-refractivity contribution >= 4 is 5.91 Å². The molecule has 0 spiro atoms. The molecule has 1 aromatic carbocycles. The highest BCUT2D eigenvalue weighted by molar-refractivity contribution is 5.91. The smallest absolute Gasteiger partial charge is 0.288 e. The average Bonchev–Trinajstić information content (AvgIpc) is 2.91. The molecule has 0 aliphatic carbocycles. The van der Waals surface area contributed by atoms with Crippen LogP contribution in [-0.2, 0) is 33.2 Å². The molecule has 1 fully saturated rings. The summed E-state index contributed by atoms with van der Waals surface area (Å²) in [7, 11) is 0. The van der Waals surface area contributed by atoms with Gasteiger partial charge in [0.2, 0.25) is 6.29 Å². The van der Waals surface area contributed by atoms with Crippen LogP contribution in [0, 0.1) is 0 Å². The van der Waals surface area contributed by atoms with E-state index in [1.54, 1.807) is 4.90 Å². The van der Waals surface area contributed by atoms with Crippen molar-refractivity contribution in [3.8, 4) is 0 Å². The number of amides is 1. The van der Waals surface area contributed by atoms with Crippen molar-refractivity contribution < 1.29 is 38.3 Å². The van der Waals surface area contributed by atoms with Crippen LogP contribution < -0.4 is 0 Å². The first-order valence-electron chi connectivity index (χ1n) is 12.5. The van der Waals surface area contributed by atoms with Crippen molar-refractivity contribution in [2.24, 2.45) is 0 Å². The second kappa shape index (κ2) is 16.6. The van der Waals surface area contributed by atoms with Crippen molar-refractivity contribution in [2.75, 3.05) is 79.2 Å². The molecule has 1 amide bonds. The summed E-state index contributed by atoms with van der Waals surface area (Å²) in [6.45, 7) is 5.11. The lowest BCUT2D eigenvalue weighted by molar-refractivity contribution is -0.153. The second-order valence-electron chi connectivity index (χ2n) is 8.37. The molecule has 2 aliphatic rings. The summed E-state index contributed by atoms with van der Waals surface area (Å²) < 4.78 is 34.2. The summed E-state index contributed by atoms with van der Waals surface area (Å²) in [5.41, 5.74) is 1.11. The number of nitrogens with zero attached hydrogens (tertiary/aromatic N) is 1. The van der Waals surface area contributed by atoms with Crippen molar-refractivity contribution in [2.45, 2.75) is 31.5 Å². The van der Waals surface area contributed by atoms with E-state index >= 15 is 0 Å². The fourth-order valence-electron chi connectivity index (χ4n) is 3.85. The first-order valence-corrected chi connectivity index (χ1v) is 12.5. The Bertz CT molecular complexity index is 728. The second-order valence-corrected chi connectivity index (χ2v) is 8.37. The highest BCUT2D eigenvalue weighted by atomic mass is 16.7. The van der Waals surface area contributed by atoms with Gasteiger partial charge in [0.1, 0.15) is 0 Å². The summed E-state index contributed by atoms with van der Waals surface area (Å²) in [6.07, 6.45) is 3.37. The Morgan fingerprint density at radius 3 is 2.09 bits per heavy atom. The molecule has 2 atom stereocenters. The lowest BCUT2D eigenvalue weighted by Crippen LogP contribution is -2.40. The van der Waals surface area contributed by atoms with Crippen LogP contribution in [0.1, 0.15) is 30.7 Å². The third-order valence-corrected chi connectivity index (χ3v) is 5.77. The number of benzene rings is 1. The zero-order valence-electron chi connectivity index (χ0n) is 20.5. The summed E-state index contributed by atoms with van der Waals surface area (Å²) in [4.78, 5) is 15.2. The number of aliphatic hydroxyl groups is 1. The van der Waals surface area contributed by atoms with Gasteiger partial charge in [-0.3, -0.25) is 4.79 Å². The molecule has 2 heterocycles. The highest BCUT2D eigenvalue weighted by Gasteiger charge is 2.31. The van der Waals surface area contributed by atoms with Gasteiger partial charge in [-0.1, -0.05) is 30.3 Å². The molecular weight excluding hydrogens is 454 g/mol. The maximum atomic E-state index is 13.5. The minimum Gasteiger partial charge on any atom is -0.459 e. The van der Waals surface area contributed by atoms with Crippen molar-refractivity contribution in [1.82, 2.24) is 4.90 Å². The molecule has 0 radical (unpaired) electrons. The molecule has 1 N–H and O–H groups in total. The summed E-state index contributed by atoms with van der Waals surface area (Å²) in [5, 5.41) is 9.03. The fraction of sp³-hybridized carbons (Fsp3) is 0.654. The van der Waals surface area contributed by atoms with Gasteiger partial charge in [0, 0.05) is 32.0 Å². The Hall–Kier alpha value is -2.01.